The van der Waals surface area contributed by atoms with Gasteiger partial charge in [-0.1, -0.05) is 13.8 Å². The van der Waals surface area contributed by atoms with Crippen molar-refractivity contribution in [1.82, 2.24) is 15.5 Å². The standard InChI is InChI=1S/C19H34N4O2.HI/c1-6-23(7-2)12-8-9-15(3)22-19(20-4)21-14-16-13-17(25-5)10-11-18(16)24;/h10-11,13,15,24H,6-9,12,14H2,1-5H3,(H2,20,21,22);1H. The summed E-state index contributed by atoms with van der Waals surface area (Å²) in [6, 6.07) is 5.54. The smallest absolute Gasteiger partial charge is 0.191 e. The Morgan fingerprint density at radius 3 is 2.58 bits per heavy atom. The maximum absolute atomic E-state index is 9.95. The van der Waals surface area contributed by atoms with Crippen molar-refractivity contribution in [1.29, 1.82) is 0 Å². The van der Waals surface area contributed by atoms with Gasteiger partial charge in [0.05, 0.1) is 7.11 Å². The first kappa shape index (κ1) is 24.8. The average Bonchev–Trinajstić information content (AvgIpc) is 2.63. The minimum atomic E-state index is 0. The molecule has 1 unspecified atom stereocenters. The normalized spacial score (nSPS) is 12.5. The van der Waals surface area contributed by atoms with Gasteiger partial charge in [-0.05, 0) is 57.6 Å². The summed E-state index contributed by atoms with van der Waals surface area (Å²) in [4.78, 5) is 6.70. The summed E-state index contributed by atoms with van der Waals surface area (Å²) >= 11 is 0. The topological polar surface area (TPSA) is 69.1 Å². The van der Waals surface area contributed by atoms with Gasteiger partial charge in [-0.3, -0.25) is 4.99 Å². The Bertz CT molecular complexity index is 536. The Morgan fingerprint density at radius 2 is 2.00 bits per heavy atom. The molecule has 7 heteroatoms. The van der Waals surface area contributed by atoms with E-state index in [1.807, 2.05) is 6.07 Å². The lowest BCUT2D eigenvalue weighted by Crippen LogP contribution is -2.42. The summed E-state index contributed by atoms with van der Waals surface area (Å²) in [6.07, 6.45) is 2.24. The highest BCUT2D eigenvalue weighted by atomic mass is 127. The second-order valence-corrected chi connectivity index (χ2v) is 6.13. The molecule has 3 N–H and O–H groups in total. The van der Waals surface area contributed by atoms with Crippen LogP contribution in [-0.4, -0.2) is 55.8 Å². The average molecular weight is 478 g/mol. The molecule has 0 heterocycles. The molecule has 0 spiro atoms. The van der Waals surface area contributed by atoms with Crippen LogP contribution in [0.3, 0.4) is 0 Å². The van der Waals surface area contributed by atoms with Crippen LogP contribution in [0.15, 0.2) is 23.2 Å². The van der Waals surface area contributed by atoms with E-state index in [2.05, 4.69) is 41.3 Å². The number of nitrogens with one attached hydrogen (secondary N) is 2. The number of halogens is 1. The summed E-state index contributed by atoms with van der Waals surface area (Å²) in [7, 11) is 3.37. The van der Waals surface area contributed by atoms with Crippen LogP contribution in [0.5, 0.6) is 11.5 Å². The Hall–Kier alpha value is -1.22. The number of hydrogen-bond acceptors (Lipinski definition) is 4. The van der Waals surface area contributed by atoms with Gasteiger partial charge in [-0.15, -0.1) is 24.0 Å². The van der Waals surface area contributed by atoms with Crippen LogP contribution in [0.2, 0.25) is 0 Å². The molecule has 0 bridgehead atoms. The number of rotatable bonds is 10. The van der Waals surface area contributed by atoms with E-state index in [4.69, 9.17) is 4.74 Å². The third-order valence-corrected chi connectivity index (χ3v) is 4.35. The summed E-state index contributed by atoms with van der Waals surface area (Å²) in [5, 5.41) is 16.6. The fourth-order valence-electron chi connectivity index (χ4n) is 2.67. The molecule has 0 amide bonds. The van der Waals surface area contributed by atoms with Crippen molar-refractivity contribution >= 4 is 29.9 Å². The number of phenolic OH excluding ortho intramolecular Hbond substituents is 1. The number of phenols is 1. The number of ether oxygens (including phenoxy) is 1. The van der Waals surface area contributed by atoms with Crippen molar-refractivity contribution in [2.24, 2.45) is 4.99 Å². The molecule has 6 nitrogen and oxygen atoms in total. The molecule has 1 aromatic rings. The molecule has 150 valence electrons. The number of hydrogen-bond donors (Lipinski definition) is 3. The second-order valence-electron chi connectivity index (χ2n) is 6.13. The Kier molecular flexibility index (Phi) is 13.3. The minimum absolute atomic E-state index is 0. The fraction of sp³-hybridized carbons (Fsp3) is 0.632. The molecule has 0 fully saturated rings. The fourth-order valence-corrected chi connectivity index (χ4v) is 2.67. The van der Waals surface area contributed by atoms with Crippen LogP contribution in [0.25, 0.3) is 0 Å². The highest BCUT2D eigenvalue weighted by Crippen LogP contribution is 2.22. The van der Waals surface area contributed by atoms with Gasteiger partial charge in [0.25, 0.3) is 0 Å². The van der Waals surface area contributed by atoms with Crippen LogP contribution in [0, 0.1) is 0 Å². The molecular weight excluding hydrogens is 443 g/mol. The van der Waals surface area contributed by atoms with Crippen molar-refractivity contribution < 1.29 is 9.84 Å². The van der Waals surface area contributed by atoms with E-state index < -0.39 is 0 Å². The second kappa shape index (κ2) is 13.9. The molecule has 1 atom stereocenters. The summed E-state index contributed by atoms with van der Waals surface area (Å²) < 4.78 is 5.20. The maximum Gasteiger partial charge on any atom is 0.191 e. The Morgan fingerprint density at radius 1 is 1.31 bits per heavy atom. The van der Waals surface area contributed by atoms with E-state index >= 15 is 0 Å². The van der Waals surface area contributed by atoms with E-state index in [9.17, 15) is 5.11 Å². The molecule has 0 aliphatic rings. The largest absolute Gasteiger partial charge is 0.508 e. The van der Waals surface area contributed by atoms with E-state index in [1.165, 1.54) is 0 Å². The van der Waals surface area contributed by atoms with Gasteiger partial charge in [-0.2, -0.15) is 0 Å². The Labute approximate surface area is 175 Å². The number of aliphatic imine (C=N–C) groups is 1. The van der Waals surface area contributed by atoms with Crippen molar-refractivity contribution in [3.63, 3.8) is 0 Å². The van der Waals surface area contributed by atoms with Crippen molar-refractivity contribution in [2.75, 3.05) is 33.8 Å². The monoisotopic (exact) mass is 478 g/mol. The molecule has 0 aliphatic carbocycles. The highest BCUT2D eigenvalue weighted by Gasteiger charge is 2.08. The predicted molar refractivity (Wildman–Crippen MR) is 120 cm³/mol. The lowest BCUT2D eigenvalue weighted by atomic mass is 10.1. The van der Waals surface area contributed by atoms with E-state index in [0.29, 0.717) is 12.6 Å². The van der Waals surface area contributed by atoms with E-state index in [-0.39, 0.29) is 29.7 Å². The lowest BCUT2D eigenvalue weighted by Gasteiger charge is -2.21. The number of nitrogens with zero attached hydrogens (tertiary/aromatic N) is 2. The zero-order valence-corrected chi connectivity index (χ0v) is 19.0. The first-order valence-electron chi connectivity index (χ1n) is 9.09. The number of benzene rings is 1. The van der Waals surface area contributed by atoms with Gasteiger partial charge < -0.3 is 25.4 Å². The maximum atomic E-state index is 9.95. The summed E-state index contributed by atoms with van der Waals surface area (Å²) in [5.74, 6) is 1.70. The zero-order chi connectivity index (χ0) is 18.7. The summed E-state index contributed by atoms with van der Waals surface area (Å²) in [6.45, 7) is 10.4. The van der Waals surface area contributed by atoms with Gasteiger partial charge >= 0.3 is 0 Å². The zero-order valence-electron chi connectivity index (χ0n) is 16.7. The van der Waals surface area contributed by atoms with Crippen LogP contribution in [0.1, 0.15) is 39.2 Å². The number of methoxy groups -OCH3 is 1. The third kappa shape index (κ3) is 8.93. The highest BCUT2D eigenvalue weighted by molar-refractivity contribution is 14.0. The van der Waals surface area contributed by atoms with Gasteiger partial charge in [0, 0.05) is 25.2 Å². The van der Waals surface area contributed by atoms with Crippen molar-refractivity contribution in [3.8, 4) is 11.5 Å². The van der Waals surface area contributed by atoms with Crippen molar-refractivity contribution in [2.45, 2.75) is 46.2 Å². The van der Waals surface area contributed by atoms with Crippen LogP contribution >= 0.6 is 24.0 Å². The predicted octanol–water partition coefficient (Wildman–Crippen LogP) is 3.19. The molecule has 0 aromatic heterocycles. The van der Waals surface area contributed by atoms with Crippen LogP contribution < -0.4 is 15.4 Å². The molecule has 0 aliphatic heterocycles. The quantitative estimate of drug-likeness (QED) is 0.274. The summed E-state index contributed by atoms with van der Waals surface area (Å²) in [5.41, 5.74) is 0.775. The first-order chi connectivity index (χ1) is 12.0. The molecule has 0 saturated heterocycles. The van der Waals surface area contributed by atoms with E-state index in [1.54, 1.807) is 26.3 Å². The van der Waals surface area contributed by atoms with Crippen molar-refractivity contribution in [3.05, 3.63) is 23.8 Å². The molecule has 1 aromatic carbocycles. The SMILES string of the molecule is CCN(CC)CCCC(C)NC(=NC)NCc1cc(OC)ccc1O.I. The lowest BCUT2D eigenvalue weighted by molar-refractivity contribution is 0.292. The van der Waals surface area contributed by atoms with Gasteiger partial charge in [0.2, 0.25) is 0 Å². The van der Waals surface area contributed by atoms with Crippen LogP contribution in [0.4, 0.5) is 0 Å². The first-order valence-corrected chi connectivity index (χ1v) is 9.09. The van der Waals surface area contributed by atoms with Gasteiger partial charge in [0.1, 0.15) is 11.5 Å². The van der Waals surface area contributed by atoms with Gasteiger partial charge in [-0.25, -0.2) is 0 Å². The Balaban J connectivity index is 0.00000625. The third-order valence-electron chi connectivity index (χ3n) is 4.35. The number of guanidine groups is 1. The minimum Gasteiger partial charge on any atom is -0.508 e. The molecule has 0 saturated carbocycles. The molecule has 1 rings (SSSR count). The molecular formula is C19H35IN4O2. The molecule has 26 heavy (non-hydrogen) atoms. The van der Waals surface area contributed by atoms with Crippen LogP contribution in [-0.2, 0) is 6.54 Å². The van der Waals surface area contributed by atoms with E-state index in [0.717, 1.165) is 49.7 Å². The molecule has 0 radical (unpaired) electrons. The van der Waals surface area contributed by atoms with Gasteiger partial charge in [0.15, 0.2) is 5.96 Å². The number of aromatic hydroxyl groups is 1.